The molecule has 0 atom stereocenters. The van der Waals surface area contributed by atoms with Gasteiger partial charge in [0.15, 0.2) is 0 Å². The number of hydrogen-bond acceptors (Lipinski definition) is 3. The zero-order valence-corrected chi connectivity index (χ0v) is 14.3. The number of hydrogen-bond donors (Lipinski definition) is 2. The van der Waals surface area contributed by atoms with Crippen LogP contribution in [0.25, 0.3) is 32.9 Å². The molecule has 0 unspecified atom stereocenters. The number of fused-ring (bicyclic) bond motifs is 3. The second-order valence-electron chi connectivity index (χ2n) is 6.97. The lowest BCUT2D eigenvalue weighted by molar-refractivity contribution is 0.455. The normalized spacial score (nSPS) is 16.0. The second kappa shape index (κ2) is 5.70. The average Bonchev–Trinajstić information content (AvgIpc) is 3.28. The van der Waals surface area contributed by atoms with Crippen molar-refractivity contribution in [3.63, 3.8) is 0 Å². The van der Waals surface area contributed by atoms with E-state index in [0.29, 0.717) is 5.92 Å². The predicted octanol–water partition coefficient (Wildman–Crippen LogP) is 3.58. The smallest absolute Gasteiger partial charge is 0.138 e. The van der Waals surface area contributed by atoms with Gasteiger partial charge in [0.05, 0.1) is 6.20 Å². The van der Waals surface area contributed by atoms with Gasteiger partial charge < -0.3 is 10.3 Å². The Kier molecular flexibility index (Phi) is 3.35. The highest BCUT2D eigenvalue weighted by atomic mass is 15.2. The Bertz CT molecular complexity index is 1050. The molecule has 0 radical (unpaired) electrons. The van der Waals surface area contributed by atoms with Gasteiger partial charge in [-0.2, -0.15) is 5.10 Å². The van der Waals surface area contributed by atoms with Gasteiger partial charge in [-0.3, -0.25) is 4.68 Å². The Morgan fingerprint density at radius 1 is 1.04 bits per heavy atom. The lowest BCUT2D eigenvalue weighted by atomic mass is 9.94. The third kappa shape index (κ3) is 2.51. The van der Waals surface area contributed by atoms with E-state index in [9.17, 15) is 0 Å². The van der Waals surface area contributed by atoms with Crippen molar-refractivity contribution < 1.29 is 0 Å². The minimum absolute atomic E-state index is 0.604. The molecule has 0 amide bonds. The highest BCUT2D eigenvalue weighted by molar-refractivity contribution is 6.06. The van der Waals surface area contributed by atoms with Crippen molar-refractivity contribution in [2.75, 3.05) is 13.1 Å². The molecule has 1 fully saturated rings. The fourth-order valence-corrected chi connectivity index (χ4v) is 3.91. The third-order valence-corrected chi connectivity index (χ3v) is 5.31. The molecule has 3 aromatic heterocycles. The Hall–Kier alpha value is -2.66. The summed E-state index contributed by atoms with van der Waals surface area (Å²) in [6.45, 7) is 2.19. The lowest BCUT2D eigenvalue weighted by Crippen LogP contribution is -2.26. The summed E-state index contributed by atoms with van der Waals surface area (Å²) in [5.74, 6) is 0.604. The maximum atomic E-state index is 4.64. The molecule has 0 saturated carbocycles. The van der Waals surface area contributed by atoms with Gasteiger partial charge in [-0.15, -0.1) is 0 Å². The first-order chi connectivity index (χ1) is 12.3. The van der Waals surface area contributed by atoms with Gasteiger partial charge >= 0.3 is 0 Å². The van der Waals surface area contributed by atoms with Gasteiger partial charge in [0.2, 0.25) is 0 Å². The van der Waals surface area contributed by atoms with E-state index in [0.717, 1.165) is 24.3 Å². The standard InChI is InChI=1S/C20H21N5/c1-25-12-16(11-23-25)14-2-3-15-10-22-20-18(17(15)8-14)9-19(24-20)13-4-6-21-7-5-13/h2-3,8-13,21H,4-7H2,1H3,(H,22,24). The van der Waals surface area contributed by atoms with E-state index in [-0.39, 0.29) is 0 Å². The number of aryl methyl sites for hydroxylation is 1. The van der Waals surface area contributed by atoms with Crippen molar-refractivity contribution in [2.45, 2.75) is 18.8 Å². The first-order valence-electron chi connectivity index (χ1n) is 8.89. The van der Waals surface area contributed by atoms with Gasteiger partial charge in [-0.05, 0) is 49.0 Å². The molecule has 5 nitrogen and oxygen atoms in total. The molecule has 1 aliphatic heterocycles. The van der Waals surface area contributed by atoms with Crippen LogP contribution in [0.4, 0.5) is 0 Å². The predicted molar refractivity (Wildman–Crippen MR) is 101 cm³/mol. The molecule has 25 heavy (non-hydrogen) atoms. The largest absolute Gasteiger partial charge is 0.343 e. The van der Waals surface area contributed by atoms with Gasteiger partial charge in [-0.1, -0.05) is 12.1 Å². The number of H-pyrrole nitrogens is 1. The number of nitrogens with zero attached hydrogens (tertiary/aromatic N) is 3. The number of aromatic amines is 1. The quantitative estimate of drug-likeness (QED) is 0.590. The molecular formula is C20H21N5. The minimum Gasteiger partial charge on any atom is -0.343 e. The Balaban J connectivity index is 1.66. The molecule has 4 heterocycles. The van der Waals surface area contributed by atoms with Crippen LogP contribution in [0.5, 0.6) is 0 Å². The topological polar surface area (TPSA) is 58.5 Å². The fraction of sp³-hybridized carbons (Fsp3) is 0.300. The van der Waals surface area contributed by atoms with Crippen LogP contribution in [0.3, 0.4) is 0 Å². The summed E-state index contributed by atoms with van der Waals surface area (Å²) < 4.78 is 1.84. The van der Waals surface area contributed by atoms with Crippen LogP contribution < -0.4 is 5.32 Å². The molecule has 126 valence electrons. The zero-order valence-electron chi connectivity index (χ0n) is 14.3. The molecule has 0 spiro atoms. The molecule has 5 heteroatoms. The molecule has 5 rings (SSSR count). The summed E-state index contributed by atoms with van der Waals surface area (Å²) in [5.41, 5.74) is 4.65. The van der Waals surface area contributed by atoms with Crippen molar-refractivity contribution in [1.29, 1.82) is 0 Å². The molecule has 0 aliphatic carbocycles. The maximum Gasteiger partial charge on any atom is 0.138 e. The Morgan fingerprint density at radius 2 is 1.92 bits per heavy atom. The number of nitrogens with one attached hydrogen (secondary N) is 2. The number of pyridine rings is 1. The van der Waals surface area contributed by atoms with Crippen LogP contribution in [0, 0.1) is 0 Å². The van der Waals surface area contributed by atoms with Crippen LogP contribution >= 0.6 is 0 Å². The third-order valence-electron chi connectivity index (χ3n) is 5.31. The highest BCUT2D eigenvalue weighted by Gasteiger charge is 2.18. The minimum atomic E-state index is 0.604. The van der Waals surface area contributed by atoms with Crippen LogP contribution in [0.2, 0.25) is 0 Å². The van der Waals surface area contributed by atoms with Crippen molar-refractivity contribution in [2.24, 2.45) is 7.05 Å². The molecule has 1 aliphatic rings. The molecule has 2 N–H and O–H groups in total. The summed E-state index contributed by atoms with van der Waals surface area (Å²) in [5, 5.41) is 11.4. The number of rotatable bonds is 2. The lowest BCUT2D eigenvalue weighted by Gasteiger charge is -2.21. The molecule has 0 bridgehead atoms. The summed E-state index contributed by atoms with van der Waals surface area (Å²) in [7, 11) is 1.95. The van der Waals surface area contributed by atoms with E-state index >= 15 is 0 Å². The zero-order chi connectivity index (χ0) is 16.8. The number of aromatic nitrogens is 4. The summed E-state index contributed by atoms with van der Waals surface area (Å²) in [6, 6.07) is 8.87. The van der Waals surface area contributed by atoms with Crippen LogP contribution in [0.15, 0.2) is 42.9 Å². The molecule has 4 aromatic rings. The van der Waals surface area contributed by atoms with E-state index in [1.54, 1.807) is 0 Å². The summed E-state index contributed by atoms with van der Waals surface area (Å²) in [6.07, 6.45) is 8.30. The monoisotopic (exact) mass is 331 g/mol. The number of piperidine rings is 1. The molecule has 1 aromatic carbocycles. The maximum absolute atomic E-state index is 4.64. The van der Waals surface area contributed by atoms with Gasteiger partial charge in [-0.25, -0.2) is 4.98 Å². The molecular weight excluding hydrogens is 310 g/mol. The van der Waals surface area contributed by atoms with Crippen molar-refractivity contribution in [1.82, 2.24) is 25.1 Å². The number of benzene rings is 1. The summed E-state index contributed by atoms with van der Waals surface area (Å²) >= 11 is 0. The van der Waals surface area contributed by atoms with Crippen LogP contribution in [-0.2, 0) is 7.05 Å². The van der Waals surface area contributed by atoms with Gasteiger partial charge in [0.1, 0.15) is 5.65 Å². The van der Waals surface area contributed by atoms with Crippen molar-refractivity contribution >= 4 is 21.8 Å². The van der Waals surface area contributed by atoms with Crippen molar-refractivity contribution in [3.8, 4) is 11.1 Å². The Labute approximate surface area is 146 Å². The van der Waals surface area contributed by atoms with Crippen LogP contribution in [-0.4, -0.2) is 32.8 Å². The van der Waals surface area contributed by atoms with E-state index in [4.69, 9.17) is 0 Å². The van der Waals surface area contributed by atoms with E-state index in [1.165, 1.54) is 40.3 Å². The Morgan fingerprint density at radius 3 is 2.72 bits per heavy atom. The van der Waals surface area contributed by atoms with Gasteiger partial charge in [0, 0.05) is 47.4 Å². The van der Waals surface area contributed by atoms with E-state index in [2.05, 4.69) is 50.8 Å². The second-order valence-corrected chi connectivity index (χ2v) is 6.97. The van der Waals surface area contributed by atoms with Gasteiger partial charge in [0.25, 0.3) is 0 Å². The average molecular weight is 331 g/mol. The van der Waals surface area contributed by atoms with E-state index in [1.807, 2.05) is 24.1 Å². The van der Waals surface area contributed by atoms with E-state index < -0.39 is 0 Å². The van der Waals surface area contributed by atoms with Crippen LogP contribution in [0.1, 0.15) is 24.5 Å². The SMILES string of the molecule is Cn1cc(-c2ccc3cnc4[nH]c(C5CCNCC5)cc4c3c2)cn1. The fourth-order valence-electron chi connectivity index (χ4n) is 3.91. The summed E-state index contributed by atoms with van der Waals surface area (Å²) in [4.78, 5) is 8.21. The van der Waals surface area contributed by atoms with Crippen molar-refractivity contribution in [3.05, 3.63) is 48.5 Å². The highest BCUT2D eigenvalue weighted by Crippen LogP contribution is 2.32. The first kappa shape index (κ1) is 14.7. The molecule has 1 saturated heterocycles. The first-order valence-corrected chi connectivity index (χ1v) is 8.89.